The Balaban J connectivity index is 2.29. The third-order valence-corrected chi connectivity index (χ3v) is 3.62. The minimum absolute atomic E-state index is 0.217. The van der Waals surface area contributed by atoms with Gasteiger partial charge < -0.3 is 10.0 Å². The highest BCUT2D eigenvalue weighted by atomic mass is 35.5. The van der Waals surface area contributed by atoms with Gasteiger partial charge in [0, 0.05) is 13.1 Å². The van der Waals surface area contributed by atoms with E-state index in [1.807, 2.05) is 19.1 Å². The lowest BCUT2D eigenvalue weighted by Crippen LogP contribution is -2.42. The maximum absolute atomic E-state index is 9.71. The van der Waals surface area contributed by atoms with E-state index in [2.05, 4.69) is 11.0 Å². The van der Waals surface area contributed by atoms with E-state index in [1.54, 1.807) is 6.07 Å². The van der Waals surface area contributed by atoms with E-state index in [1.165, 1.54) is 0 Å². The lowest BCUT2D eigenvalue weighted by Gasteiger charge is -2.36. The van der Waals surface area contributed by atoms with E-state index in [0.29, 0.717) is 10.6 Å². The number of anilines is 1. The van der Waals surface area contributed by atoms with Crippen molar-refractivity contribution in [1.82, 2.24) is 0 Å². The monoisotopic (exact) mass is 250 g/mol. The minimum atomic E-state index is -0.240. The molecule has 3 nitrogen and oxygen atoms in total. The van der Waals surface area contributed by atoms with Crippen molar-refractivity contribution < 1.29 is 5.11 Å². The van der Waals surface area contributed by atoms with Gasteiger partial charge in [0.05, 0.1) is 22.4 Å². The van der Waals surface area contributed by atoms with Crippen LogP contribution in [0.4, 0.5) is 5.69 Å². The third kappa shape index (κ3) is 2.38. The molecular weight excluding hydrogens is 236 g/mol. The molecule has 0 aromatic heterocycles. The van der Waals surface area contributed by atoms with E-state index in [0.717, 1.165) is 25.2 Å². The van der Waals surface area contributed by atoms with E-state index < -0.39 is 0 Å². The van der Waals surface area contributed by atoms with Crippen molar-refractivity contribution in [2.24, 2.45) is 5.92 Å². The number of halogens is 1. The molecule has 1 aromatic rings. The Kier molecular flexibility index (Phi) is 3.56. The largest absolute Gasteiger partial charge is 0.393 e. The third-order valence-electron chi connectivity index (χ3n) is 3.30. The van der Waals surface area contributed by atoms with Crippen LogP contribution in [0.5, 0.6) is 0 Å². The van der Waals surface area contributed by atoms with Gasteiger partial charge in [-0.05, 0) is 24.5 Å². The number of hydrogen-bond donors (Lipinski definition) is 1. The Morgan fingerprint density at radius 1 is 1.53 bits per heavy atom. The second-order valence-electron chi connectivity index (χ2n) is 4.53. The fraction of sp³-hybridized carbons (Fsp3) is 0.462. The fourth-order valence-electron chi connectivity index (χ4n) is 2.24. The zero-order valence-electron chi connectivity index (χ0n) is 9.73. The van der Waals surface area contributed by atoms with Crippen molar-refractivity contribution >= 4 is 17.3 Å². The van der Waals surface area contributed by atoms with Crippen molar-refractivity contribution in [3.63, 3.8) is 0 Å². The summed E-state index contributed by atoms with van der Waals surface area (Å²) in [5.74, 6) is 0.217. The summed E-state index contributed by atoms with van der Waals surface area (Å²) in [6.07, 6.45) is 0.495. The van der Waals surface area contributed by atoms with Gasteiger partial charge in [0.15, 0.2) is 0 Å². The number of nitrogens with zero attached hydrogens (tertiary/aromatic N) is 2. The summed E-state index contributed by atoms with van der Waals surface area (Å²) in [5, 5.41) is 19.3. The van der Waals surface area contributed by atoms with E-state index in [9.17, 15) is 5.11 Å². The van der Waals surface area contributed by atoms with E-state index in [-0.39, 0.29) is 12.0 Å². The van der Waals surface area contributed by atoms with Crippen molar-refractivity contribution in [1.29, 1.82) is 5.26 Å². The number of piperidine rings is 1. The van der Waals surface area contributed by atoms with Crippen LogP contribution in [0.2, 0.25) is 5.02 Å². The topological polar surface area (TPSA) is 47.3 Å². The quantitative estimate of drug-likeness (QED) is 0.833. The molecule has 1 saturated heterocycles. The average Bonchev–Trinajstić information content (AvgIpc) is 2.32. The highest BCUT2D eigenvalue weighted by Gasteiger charge is 2.25. The van der Waals surface area contributed by atoms with Crippen LogP contribution in [0.3, 0.4) is 0 Å². The fourth-order valence-corrected chi connectivity index (χ4v) is 2.45. The van der Waals surface area contributed by atoms with Crippen LogP contribution in [0.15, 0.2) is 18.2 Å². The molecule has 1 aromatic carbocycles. The SMILES string of the molecule is CC1CN(c2cccc(Cl)c2C#N)CCC1O. The van der Waals surface area contributed by atoms with Crippen LogP contribution in [0, 0.1) is 17.2 Å². The molecule has 0 aliphatic carbocycles. The van der Waals surface area contributed by atoms with Gasteiger partial charge in [-0.25, -0.2) is 0 Å². The summed E-state index contributed by atoms with van der Waals surface area (Å²) < 4.78 is 0. The highest BCUT2D eigenvalue weighted by molar-refractivity contribution is 6.32. The molecule has 2 rings (SSSR count). The average molecular weight is 251 g/mol. The second kappa shape index (κ2) is 4.95. The summed E-state index contributed by atoms with van der Waals surface area (Å²) in [6, 6.07) is 7.65. The molecule has 90 valence electrons. The van der Waals surface area contributed by atoms with Crippen LogP contribution >= 0.6 is 11.6 Å². The Hall–Kier alpha value is -1.24. The summed E-state index contributed by atoms with van der Waals surface area (Å²) in [5.41, 5.74) is 1.40. The van der Waals surface area contributed by atoms with Crippen LogP contribution in [0.25, 0.3) is 0 Å². The first-order chi connectivity index (χ1) is 8.13. The zero-order chi connectivity index (χ0) is 12.4. The molecule has 1 heterocycles. The molecule has 2 atom stereocenters. The molecule has 0 amide bonds. The van der Waals surface area contributed by atoms with Gasteiger partial charge in [-0.15, -0.1) is 0 Å². The summed E-state index contributed by atoms with van der Waals surface area (Å²) >= 11 is 6.02. The Bertz CT molecular complexity index is 455. The summed E-state index contributed by atoms with van der Waals surface area (Å²) in [4.78, 5) is 2.13. The smallest absolute Gasteiger partial charge is 0.103 e. The van der Waals surface area contributed by atoms with Crippen molar-refractivity contribution in [2.75, 3.05) is 18.0 Å². The Morgan fingerprint density at radius 2 is 2.29 bits per heavy atom. The molecule has 4 heteroatoms. The van der Waals surface area contributed by atoms with Gasteiger partial charge in [-0.2, -0.15) is 5.26 Å². The summed E-state index contributed by atoms with van der Waals surface area (Å²) in [6.45, 7) is 3.55. The van der Waals surface area contributed by atoms with Crippen molar-refractivity contribution in [2.45, 2.75) is 19.4 Å². The molecule has 2 unspecified atom stereocenters. The van der Waals surface area contributed by atoms with Gasteiger partial charge in [-0.1, -0.05) is 24.6 Å². The molecule has 0 radical (unpaired) electrons. The zero-order valence-corrected chi connectivity index (χ0v) is 10.5. The van der Waals surface area contributed by atoms with E-state index in [4.69, 9.17) is 16.9 Å². The van der Waals surface area contributed by atoms with Crippen LogP contribution in [-0.2, 0) is 0 Å². The van der Waals surface area contributed by atoms with Gasteiger partial charge in [0.1, 0.15) is 6.07 Å². The maximum atomic E-state index is 9.71. The lowest BCUT2D eigenvalue weighted by molar-refractivity contribution is 0.0971. The van der Waals surface area contributed by atoms with E-state index >= 15 is 0 Å². The minimum Gasteiger partial charge on any atom is -0.393 e. The molecule has 1 fully saturated rings. The number of aliphatic hydroxyl groups excluding tert-OH is 1. The summed E-state index contributed by atoms with van der Waals surface area (Å²) in [7, 11) is 0. The highest BCUT2D eigenvalue weighted by Crippen LogP contribution is 2.30. The van der Waals surface area contributed by atoms with Crippen LogP contribution in [0.1, 0.15) is 18.9 Å². The van der Waals surface area contributed by atoms with Gasteiger partial charge in [0.2, 0.25) is 0 Å². The number of benzene rings is 1. The number of hydrogen-bond acceptors (Lipinski definition) is 3. The first-order valence-corrected chi connectivity index (χ1v) is 6.13. The Labute approximate surface area is 106 Å². The Morgan fingerprint density at radius 3 is 2.94 bits per heavy atom. The molecular formula is C13H15ClN2O. The van der Waals surface area contributed by atoms with Crippen LogP contribution in [-0.4, -0.2) is 24.3 Å². The predicted molar refractivity (Wildman–Crippen MR) is 68.2 cm³/mol. The maximum Gasteiger partial charge on any atom is 0.103 e. The molecule has 1 aliphatic rings. The molecule has 0 saturated carbocycles. The standard InChI is InChI=1S/C13H15ClN2O/c1-9-8-16(6-5-13(9)17)12-4-2-3-11(14)10(12)7-15/h2-4,9,13,17H,5-6,8H2,1H3. The number of rotatable bonds is 1. The predicted octanol–water partition coefficient (Wildman–Crippen LogP) is 2.42. The first-order valence-electron chi connectivity index (χ1n) is 5.75. The normalized spacial score (nSPS) is 24.5. The second-order valence-corrected chi connectivity index (χ2v) is 4.93. The van der Waals surface area contributed by atoms with Gasteiger partial charge in [0.25, 0.3) is 0 Å². The molecule has 0 bridgehead atoms. The number of aliphatic hydroxyl groups is 1. The van der Waals surface area contributed by atoms with Gasteiger partial charge in [-0.3, -0.25) is 0 Å². The molecule has 1 aliphatic heterocycles. The van der Waals surface area contributed by atoms with Crippen molar-refractivity contribution in [3.8, 4) is 6.07 Å². The van der Waals surface area contributed by atoms with Crippen molar-refractivity contribution in [3.05, 3.63) is 28.8 Å². The van der Waals surface area contributed by atoms with Gasteiger partial charge >= 0.3 is 0 Å². The lowest BCUT2D eigenvalue weighted by atomic mass is 9.96. The number of nitriles is 1. The molecule has 0 spiro atoms. The first kappa shape index (κ1) is 12.2. The van der Waals surface area contributed by atoms with Crippen LogP contribution < -0.4 is 4.90 Å². The molecule has 1 N–H and O–H groups in total. The molecule has 17 heavy (non-hydrogen) atoms.